The third-order valence-electron chi connectivity index (χ3n) is 2.66. The first-order valence-corrected chi connectivity index (χ1v) is 6.48. The number of anilines is 1. The summed E-state index contributed by atoms with van der Waals surface area (Å²) in [5.74, 6) is -0.531. The molecule has 0 aromatic heterocycles. The van der Waals surface area contributed by atoms with Gasteiger partial charge in [0.15, 0.2) is 0 Å². The van der Waals surface area contributed by atoms with Crippen molar-refractivity contribution < 1.29 is 19.7 Å². The first-order valence-electron chi connectivity index (χ1n) is 5.68. The molecular formula is C14H12BrNO4. The molecular weight excluding hydrogens is 326 g/mol. The molecule has 1 amide bonds. The maximum absolute atomic E-state index is 12.0. The molecule has 20 heavy (non-hydrogen) atoms. The Morgan fingerprint density at radius 1 is 1.20 bits per heavy atom. The van der Waals surface area contributed by atoms with Crippen LogP contribution in [0.3, 0.4) is 0 Å². The Kier molecular flexibility index (Phi) is 4.14. The molecule has 5 nitrogen and oxygen atoms in total. The number of aromatic hydroxyl groups is 2. The van der Waals surface area contributed by atoms with E-state index in [0.29, 0.717) is 15.9 Å². The topological polar surface area (TPSA) is 78.8 Å². The van der Waals surface area contributed by atoms with Gasteiger partial charge in [0.05, 0.1) is 11.6 Å². The van der Waals surface area contributed by atoms with E-state index in [1.165, 1.54) is 18.2 Å². The monoisotopic (exact) mass is 337 g/mol. The van der Waals surface area contributed by atoms with Crippen molar-refractivity contribution in [2.75, 3.05) is 12.4 Å². The van der Waals surface area contributed by atoms with E-state index < -0.39 is 5.91 Å². The zero-order valence-electron chi connectivity index (χ0n) is 10.6. The summed E-state index contributed by atoms with van der Waals surface area (Å²) in [4.78, 5) is 12.0. The predicted octanol–water partition coefficient (Wildman–Crippen LogP) is 3.12. The van der Waals surface area contributed by atoms with E-state index in [1.54, 1.807) is 25.3 Å². The Morgan fingerprint density at radius 3 is 2.40 bits per heavy atom. The number of phenols is 2. The zero-order chi connectivity index (χ0) is 14.7. The van der Waals surface area contributed by atoms with Crippen molar-refractivity contribution in [3.8, 4) is 17.2 Å². The highest BCUT2D eigenvalue weighted by atomic mass is 79.9. The number of ether oxygens (including phenoxy) is 1. The molecule has 0 aliphatic carbocycles. The molecule has 0 bridgehead atoms. The summed E-state index contributed by atoms with van der Waals surface area (Å²) in [6, 6.07) is 9.11. The second kappa shape index (κ2) is 5.83. The molecule has 0 spiro atoms. The average molecular weight is 338 g/mol. The van der Waals surface area contributed by atoms with Gasteiger partial charge in [0, 0.05) is 5.69 Å². The van der Waals surface area contributed by atoms with Crippen molar-refractivity contribution in [1.29, 1.82) is 0 Å². The summed E-state index contributed by atoms with van der Waals surface area (Å²) < 4.78 is 5.77. The van der Waals surface area contributed by atoms with E-state index in [-0.39, 0.29) is 17.1 Å². The number of hydrogen-bond acceptors (Lipinski definition) is 4. The third-order valence-corrected chi connectivity index (χ3v) is 3.28. The maximum atomic E-state index is 12.0. The van der Waals surface area contributed by atoms with Gasteiger partial charge in [-0.2, -0.15) is 0 Å². The number of amides is 1. The van der Waals surface area contributed by atoms with Crippen LogP contribution in [0.15, 0.2) is 40.9 Å². The molecule has 0 saturated carbocycles. The van der Waals surface area contributed by atoms with Gasteiger partial charge in [0.1, 0.15) is 22.8 Å². The molecule has 2 aromatic rings. The molecule has 0 unspecified atom stereocenters. The van der Waals surface area contributed by atoms with Crippen LogP contribution in [0.2, 0.25) is 0 Å². The molecule has 0 aliphatic heterocycles. The minimum Gasteiger partial charge on any atom is -0.507 e. The Morgan fingerprint density at radius 2 is 1.85 bits per heavy atom. The van der Waals surface area contributed by atoms with Crippen molar-refractivity contribution >= 4 is 27.5 Å². The van der Waals surface area contributed by atoms with Gasteiger partial charge in [0.25, 0.3) is 5.91 Å². The second-order valence-corrected chi connectivity index (χ2v) is 4.83. The molecule has 0 aliphatic rings. The number of methoxy groups -OCH3 is 1. The Hall–Kier alpha value is -2.21. The summed E-state index contributed by atoms with van der Waals surface area (Å²) in [5.41, 5.74) is 0.338. The van der Waals surface area contributed by atoms with Crippen LogP contribution in [0.25, 0.3) is 0 Å². The van der Waals surface area contributed by atoms with Gasteiger partial charge < -0.3 is 20.3 Å². The van der Waals surface area contributed by atoms with Crippen molar-refractivity contribution in [2.24, 2.45) is 0 Å². The fourth-order valence-corrected chi connectivity index (χ4v) is 2.24. The smallest absolute Gasteiger partial charge is 0.263 e. The molecule has 0 radical (unpaired) electrons. The van der Waals surface area contributed by atoms with Crippen LogP contribution >= 0.6 is 15.9 Å². The number of carbonyl (C=O) groups excluding carboxylic acids is 1. The van der Waals surface area contributed by atoms with Crippen molar-refractivity contribution in [3.63, 3.8) is 0 Å². The highest BCUT2D eigenvalue weighted by molar-refractivity contribution is 9.10. The molecule has 6 heteroatoms. The number of rotatable bonds is 3. The van der Waals surface area contributed by atoms with Gasteiger partial charge >= 0.3 is 0 Å². The number of phenolic OH excluding ortho intramolecular Hbond substituents is 2. The first-order chi connectivity index (χ1) is 9.52. The predicted molar refractivity (Wildman–Crippen MR) is 78.4 cm³/mol. The van der Waals surface area contributed by atoms with Gasteiger partial charge in [-0.05, 0) is 46.3 Å². The number of carbonyl (C=O) groups is 1. The number of hydrogen-bond donors (Lipinski definition) is 3. The first kappa shape index (κ1) is 14.2. The Bertz CT molecular complexity index is 637. The maximum Gasteiger partial charge on any atom is 0.263 e. The average Bonchev–Trinajstić information content (AvgIpc) is 2.38. The van der Waals surface area contributed by atoms with E-state index in [1.807, 2.05) is 0 Å². The lowest BCUT2D eigenvalue weighted by Crippen LogP contribution is -2.12. The van der Waals surface area contributed by atoms with Gasteiger partial charge in [-0.3, -0.25) is 4.79 Å². The molecule has 0 saturated heterocycles. The zero-order valence-corrected chi connectivity index (χ0v) is 12.1. The minimum absolute atomic E-state index is 0.167. The summed E-state index contributed by atoms with van der Waals surface area (Å²) >= 11 is 3.31. The van der Waals surface area contributed by atoms with Crippen molar-refractivity contribution in [3.05, 3.63) is 46.4 Å². The van der Waals surface area contributed by atoms with E-state index in [4.69, 9.17) is 4.74 Å². The van der Waals surface area contributed by atoms with Crippen molar-refractivity contribution in [1.82, 2.24) is 0 Å². The van der Waals surface area contributed by atoms with E-state index in [0.717, 1.165) is 0 Å². The van der Waals surface area contributed by atoms with Crippen LogP contribution in [0.1, 0.15) is 10.4 Å². The lowest BCUT2D eigenvalue weighted by atomic mass is 10.1. The van der Waals surface area contributed by atoms with E-state index in [2.05, 4.69) is 21.2 Å². The van der Waals surface area contributed by atoms with Crippen molar-refractivity contribution in [2.45, 2.75) is 0 Å². The normalized spacial score (nSPS) is 10.1. The minimum atomic E-state index is -0.599. The van der Waals surface area contributed by atoms with Crippen LogP contribution in [-0.4, -0.2) is 23.2 Å². The third kappa shape index (κ3) is 2.85. The van der Waals surface area contributed by atoms with Gasteiger partial charge in [0.2, 0.25) is 0 Å². The quantitative estimate of drug-likeness (QED) is 0.803. The highest BCUT2D eigenvalue weighted by Gasteiger charge is 2.16. The summed E-state index contributed by atoms with van der Waals surface area (Å²) in [7, 11) is 1.54. The molecule has 2 rings (SSSR count). The highest BCUT2D eigenvalue weighted by Crippen LogP contribution is 2.30. The Balaban J connectivity index is 2.26. The van der Waals surface area contributed by atoms with Crippen LogP contribution < -0.4 is 10.1 Å². The van der Waals surface area contributed by atoms with Crippen LogP contribution in [-0.2, 0) is 0 Å². The summed E-state index contributed by atoms with van der Waals surface area (Å²) in [5, 5.41) is 21.8. The lowest BCUT2D eigenvalue weighted by molar-refractivity contribution is 0.102. The fourth-order valence-electron chi connectivity index (χ4n) is 1.70. The molecule has 3 N–H and O–H groups in total. The summed E-state index contributed by atoms with van der Waals surface area (Å²) in [6.45, 7) is 0. The van der Waals surface area contributed by atoms with Crippen LogP contribution in [0, 0.1) is 0 Å². The molecule has 0 atom stereocenters. The van der Waals surface area contributed by atoms with Gasteiger partial charge in [-0.15, -0.1) is 0 Å². The lowest BCUT2D eigenvalue weighted by Gasteiger charge is -2.10. The summed E-state index contributed by atoms with van der Waals surface area (Å²) in [6.07, 6.45) is 0. The van der Waals surface area contributed by atoms with Crippen LogP contribution in [0.4, 0.5) is 5.69 Å². The molecule has 2 aromatic carbocycles. The molecule has 0 fully saturated rings. The van der Waals surface area contributed by atoms with Gasteiger partial charge in [-0.1, -0.05) is 6.07 Å². The number of benzene rings is 2. The van der Waals surface area contributed by atoms with Crippen LogP contribution in [0.5, 0.6) is 17.2 Å². The second-order valence-electron chi connectivity index (χ2n) is 3.97. The number of halogens is 1. The molecule has 104 valence electrons. The largest absolute Gasteiger partial charge is 0.507 e. The van der Waals surface area contributed by atoms with Gasteiger partial charge in [-0.25, -0.2) is 0 Å². The van der Waals surface area contributed by atoms with E-state index >= 15 is 0 Å². The molecule has 0 heterocycles. The number of nitrogens with one attached hydrogen (secondary N) is 1. The SMILES string of the molecule is COc1ccc(NC(=O)c2c(O)cccc2O)cc1Br. The Labute approximate surface area is 123 Å². The van der Waals surface area contributed by atoms with E-state index in [9.17, 15) is 15.0 Å². The standard InChI is InChI=1S/C14H12BrNO4/c1-20-12-6-5-8(7-9(12)15)16-14(19)13-10(17)3-2-4-11(13)18/h2-7,17-18H,1H3,(H,16,19). The fraction of sp³-hybridized carbons (Fsp3) is 0.0714.